The molecule has 2 aromatic heterocycles. The van der Waals surface area contributed by atoms with E-state index in [1.54, 1.807) is 13.3 Å². The van der Waals surface area contributed by atoms with Gasteiger partial charge in [-0.25, -0.2) is 9.97 Å². The lowest BCUT2D eigenvalue weighted by molar-refractivity contribution is -0.119. The first-order chi connectivity index (χ1) is 15.2. The number of carbonyl (C=O) groups excluding carboxylic acids is 1. The zero-order valence-electron chi connectivity index (χ0n) is 17.4. The third-order valence-electron chi connectivity index (χ3n) is 5.14. The second kappa shape index (κ2) is 9.63. The van der Waals surface area contributed by atoms with E-state index in [4.69, 9.17) is 14.0 Å². The lowest BCUT2D eigenvalue weighted by Gasteiger charge is -2.22. The average molecular weight is 424 g/mol. The van der Waals surface area contributed by atoms with Gasteiger partial charge in [0.05, 0.1) is 18.7 Å². The van der Waals surface area contributed by atoms with Crippen LogP contribution in [0.25, 0.3) is 11.4 Å². The molecule has 3 aromatic rings. The van der Waals surface area contributed by atoms with Crippen molar-refractivity contribution in [1.82, 2.24) is 25.0 Å². The number of anilines is 1. The Morgan fingerprint density at radius 1 is 1.32 bits per heavy atom. The molecule has 1 amide bonds. The number of para-hydroxylation sites is 1. The maximum absolute atomic E-state index is 11.9. The van der Waals surface area contributed by atoms with Gasteiger partial charge in [0.1, 0.15) is 24.5 Å². The summed E-state index contributed by atoms with van der Waals surface area (Å²) >= 11 is 0. The van der Waals surface area contributed by atoms with Gasteiger partial charge >= 0.3 is 0 Å². The van der Waals surface area contributed by atoms with Gasteiger partial charge in [-0.15, -0.1) is 0 Å². The van der Waals surface area contributed by atoms with Crippen molar-refractivity contribution in [2.45, 2.75) is 25.4 Å². The predicted molar refractivity (Wildman–Crippen MR) is 111 cm³/mol. The quantitative estimate of drug-likeness (QED) is 0.582. The van der Waals surface area contributed by atoms with Crippen LogP contribution >= 0.6 is 0 Å². The Morgan fingerprint density at radius 3 is 3.03 bits per heavy atom. The third-order valence-corrected chi connectivity index (χ3v) is 5.14. The molecule has 0 bridgehead atoms. The molecule has 31 heavy (non-hydrogen) atoms. The van der Waals surface area contributed by atoms with Gasteiger partial charge in [-0.2, -0.15) is 4.98 Å². The molecule has 3 heterocycles. The predicted octanol–water partition coefficient (Wildman–Crippen LogP) is 2.46. The molecule has 0 aliphatic carbocycles. The summed E-state index contributed by atoms with van der Waals surface area (Å²) in [5.74, 6) is 1.69. The van der Waals surface area contributed by atoms with E-state index in [1.165, 1.54) is 13.4 Å². The molecular formula is C21H24N6O4. The summed E-state index contributed by atoms with van der Waals surface area (Å²) in [5.41, 5.74) is 1.59. The molecule has 0 spiro atoms. The summed E-state index contributed by atoms with van der Waals surface area (Å²) in [6, 6.07) is 7.98. The van der Waals surface area contributed by atoms with Gasteiger partial charge in [-0.3, -0.25) is 9.69 Å². The third kappa shape index (κ3) is 4.70. The first-order valence-electron chi connectivity index (χ1n) is 9.98. The number of hydrogen-bond donors (Lipinski definition) is 1. The summed E-state index contributed by atoms with van der Waals surface area (Å²) in [4.78, 5) is 27.0. The van der Waals surface area contributed by atoms with E-state index in [-0.39, 0.29) is 18.6 Å². The van der Waals surface area contributed by atoms with Gasteiger partial charge in [-0.05, 0) is 25.5 Å². The summed E-state index contributed by atoms with van der Waals surface area (Å²) in [5, 5.41) is 6.80. The van der Waals surface area contributed by atoms with Gasteiger partial charge in [0.25, 0.3) is 5.91 Å². The SMILES string of the molecule is COCC(=O)Nc1ncncc1-c1noc(C2CCCN2Cc2ccccc2OC)n1. The van der Waals surface area contributed by atoms with Crippen LogP contribution in [0.1, 0.15) is 30.3 Å². The summed E-state index contributed by atoms with van der Waals surface area (Å²) in [6.07, 6.45) is 4.84. The molecule has 1 atom stereocenters. The molecule has 1 N–H and O–H groups in total. The number of likely N-dealkylation sites (tertiary alicyclic amines) is 1. The van der Waals surface area contributed by atoms with Gasteiger partial charge in [-0.1, -0.05) is 23.4 Å². The van der Waals surface area contributed by atoms with Crippen LogP contribution in [0, 0.1) is 0 Å². The number of benzene rings is 1. The molecule has 10 nitrogen and oxygen atoms in total. The Bertz CT molecular complexity index is 1040. The van der Waals surface area contributed by atoms with E-state index >= 15 is 0 Å². The number of amides is 1. The maximum Gasteiger partial charge on any atom is 0.251 e. The highest BCUT2D eigenvalue weighted by molar-refractivity contribution is 5.93. The van der Waals surface area contributed by atoms with Crippen molar-refractivity contribution >= 4 is 11.7 Å². The second-order valence-corrected chi connectivity index (χ2v) is 7.16. The van der Waals surface area contributed by atoms with E-state index in [2.05, 4.69) is 36.4 Å². The maximum atomic E-state index is 11.9. The molecule has 1 fully saturated rings. The van der Waals surface area contributed by atoms with E-state index in [9.17, 15) is 4.79 Å². The number of carbonyl (C=O) groups is 1. The van der Waals surface area contributed by atoms with Crippen molar-refractivity contribution in [3.63, 3.8) is 0 Å². The standard InChI is InChI=1S/C21H24N6O4/c1-29-12-18(28)24-19-15(10-22-13-23-19)20-25-21(31-26-20)16-7-5-9-27(16)11-14-6-3-4-8-17(14)30-2/h3-4,6,8,10,13,16H,5,7,9,11-12H2,1-2H3,(H,22,23,24,28). The van der Waals surface area contributed by atoms with Crippen LogP contribution < -0.4 is 10.1 Å². The summed E-state index contributed by atoms with van der Waals surface area (Å²) < 4.78 is 15.9. The molecule has 1 saturated heterocycles. The van der Waals surface area contributed by atoms with E-state index < -0.39 is 0 Å². The van der Waals surface area contributed by atoms with Gasteiger partial charge in [0, 0.05) is 25.4 Å². The number of rotatable bonds is 8. The summed E-state index contributed by atoms with van der Waals surface area (Å²) in [7, 11) is 3.12. The minimum Gasteiger partial charge on any atom is -0.496 e. The molecule has 4 rings (SSSR count). The van der Waals surface area contributed by atoms with Gasteiger partial charge < -0.3 is 19.3 Å². The minimum atomic E-state index is -0.329. The van der Waals surface area contributed by atoms with Crippen LogP contribution in [0.4, 0.5) is 5.82 Å². The van der Waals surface area contributed by atoms with Crippen LogP contribution in [0.5, 0.6) is 5.75 Å². The van der Waals surface area contributed by atoms with Crippen LogP contribution in [0.15, 0.2) is 41.3 Å². The lowest BCUT2D eigenvalue weighted by Crippen LogP contribution is -2.23. The Labute approximate surface area is 179 Å². The fourth-order valence-electron chi connectivity index (χ4n) is 3.72. The summed E-state index contributed by atoms with van der Waals surface area (Å²) in [6.45, 7) is 1.56. The molecule has 1 aliphatic heterocycles. The Morgan fingerprint density at radius 2 is 2.19 bits per heavy atom. The van der Waals surface area contributed by atoms with E-state index in [1.807, 2.05) is 18.2 Å². The molecule has 1 unspecified atom stereocenters. The number of ether oxygens (including phenoxy) is 2. The van der Waals surface area contributed by atoms with Crippen molar-refractivity contribution in [3.8, 4) is 17.1 Å². The Balaban J connectivity index is 1.54. The molecule has 0 saturated carbocycles. The fourth-order valence-corrected chi connectivity index (χ4v) is 3.72. The number of nitrogens with one attached hydrogen (secondary N) is 1. The first-order valence-corrected chi connectivity index (χ1v) is 9.98. The van der Waals surface area contributed by atoms with Crippen molar-refractivity contribution < 1.29 is 18.8 Å². The van der Waals surface area contributed by atoms with Crippen LogP contribution in [-0.4, -0.2) is 58.3 Å². The van der Waals surface area contributed by atoms with E-state index in [0.29, 0.717) is 23.1 Å². The monoisotopic (exact) mass is 424 g/mol. The highest BCUT2D eigenvalue weighted by atomic mass is 16.5. The molecule has 1 aliphatic rings. The smallest absolute Gasteiger partial charge is 0.251 e. The van der Waals surface area contributed by atoms with Gasteiger partial charge in [0.15, 0.2) is 0 Å². The highest BCUT2D eigenvalue weighted by Crippen LogP contribution is 2.35. The zero-order chi connectivity index (χ0) is 21.6. The van der Waals surface area contributed by atoms with Crippen molar-refractivity contribution in [2.75, 3.05) is 32.7 Å². The molecule has 162 valence electrons. The molecule has 0 radical (unpaired) electrons. The topological polar surface area (TPSA) is 116 Å². The van der Waals surface area contributed by atoms with Gasteiger partial charge in [0.2, 0.25) is 11.7 Å². The Kier molecular flexibility index (Phi) is 6.48. The van der Waals surface area contributed by atoms with Crippen LogP contribution in [0.3, 0.4) is 0 Å². The number of aromatic nitrogens is 4. The normalized spacial score (nSPS) is 16.4. The average Bonchev–Trinajstić information content (AvgIpc) is 3.44. The van der Waals surface area contributed by atoms with Crippen LogP contribution in [0.2, 0.25) is 0 Å². The Hall–Kier alpha value is -3.37. The molecule has 10 heteroatoms. The van der Waals surface area contributed by atoms with Crippen molar-refractivity contribution in [1.29, 1.82) is 0 Å². The molecule has 1 aromatic carbocycles. The molecular weight excluding hydrogens is 400 g/mol. The lowest BCUT2D eigenvalue weighted by atomic mass is 10.1. The van der Waals surface area contributed by atoms with E-state index in [0.717, 1.165) is 37.2 Å². The number of methoxy groups -OCH3 is 2. The largest absolute Gasteiger partial charge is 0.496 e. The minimum absolute atomic E-state index is 0.00215. The number of nitrogens with zero attached hydrogens (tertiary/aromatic N) is 5. The first kappa shape index (κ1) is 20.9. The van der Waals surface area contributed by atoms with Crippen LogP contribution in [-0.2, 0) is 16.1 Å². The van der Waals surface area contributed by atoms with Crippen molar-refractivity contribution in [2.24, 2.45) is 0 Å². The fraction of sp³-hybridized carbons (Fsp3) is 0.381. The van der Waals surface area contributed by atoms with Crippen molar-refractivity contribution in [3.05, 3.63) is 48.2 Å². The zero-order valence-corrected chi connectivity index (χ0v) is 17.4. The highest BCUT2D eigenvalue weighted by Gasteiger charge is 2.31. The number of hydrogen-bond acceptors (Lipinski definition) is 9. The second-order valence-electron chi connectivity index (χ2n) is 7.16.